The molecule has 0 spiro atoms. The Kier molecular flexibility index (Phi) is 5.10. The predicted octanol–water partition coefficient (Wildman–Crippen LogP) is 5.33. The van der Waals surface area contributed by atoms with Crippen molar-refractivity contribution in [1.29, 1.82) is 0 Å². The third-order valence-corrected chi connectivity index (χ3v) is 5.61. The van der Waals surface area contributed by atoms with E-state index >= 15 is 0 Å². The second-order valence-electron chi connectivity index (χ2n) is 6.29. The van der Waals surface area contributed by atoms with E-state index in [-0.39, 0.29) is 11.0 Å². The molecule has 4 nitrogen and oxygen atoms in total. The van der Waals surface area contributed by atoms with Gasteiger partial charge >= 0.3 is 0 Å². The zero-order valence-electron chi connectivity index (χ0n) is 15.4. The molecule has 29 heavy (non-hydrogen) atoms. The Morgan fingerprint density at radius 1 is 0.966 bits per heavy atom. The lowest BCUT2D eigenvalue weighted by Gasteiger charge is -2.12. The summed E-state index contributed by atoms with van der Waals surface area (Å²) in [7, 11) is 1.56. The van der Waals surface area contributed by atoms with Crippen LogP contribution in [0.1, 0.15) is 10.4 Å². The Bertz CT molecular complexity index is 1270. The molecule has 0 aliphatic carbocycles. The number of halogens is 1. The first-order chi connectivity index (χ1) is 14.1. The summed E-state index contributed by atoms with van der Waals surface area (Å²) in [5, 5.41) is 3.67. The molecule has 1 heterocycles. The van der Waals surface area contributed by atoms with Crippen LogP contribution in [-0.2, 0) is 0 Å². The van der Waals surface area contributed by atoms with E-state index in [9.17, 15) is 14.0 Å². The minimum Gasteiger partial charge on any atom is -0.497 e. The summed E-state index contributed by atoms with van der Waals surface area (Å²) in [4.78, 5) is 25.9. The van der Waals surface area contributed by atoms with Crippen molar-refractivity contribution in [2.75, 3.05) is 12.4 Å². The number of anilines is 1. The summed E-state index contributed by atoms with van der Waals surface area (Å²) in [6, 6.07) is 19.9. The first-order valence-corrected chi connectivity index (χ1v) is 9.66. The number of hydrogen-bond acceptors (Lipinski definition) is 4. The summed E-state index contributed by atoms with van der Waals surface area (Å²) >= 11 is 1.28. The molecular formula is C23H16FNO3S. The van der Waals surface area contributed by atoms with Gasteiger partial charge in [-0.2, -0.15) is 0 Å². The Labute approximate surface area is 170 Å². The van der Waals surface area contributed by atoms with E-state index in [4.69, 9.17) is 4.74 Å². The highest BCUT2D eigenvalue weighted by atomic mass is 32.1. The van der Waals surface area contributed by atoms with Gasteiger partial charge in [0, 0.05) is 10.1 Å². The number of fused-ring (bicyclic) bond motifs is 1. The van der Waals surface area contributed by atoms with Crippen LogP contribution < -0.4 is 15.5 Å². The molecule has 0 fully saturated rings. The van der Waals surface area contributed by atoms with Crippen LogP contribution in [0.5, 0.6) is 5.75 Å². The zero-order valence-corrected chi connectivity index (χ0v) is 16.3. The summed E-state index contributed by atoms with van der Waals surface area (Å²) in [5.41, 5.74) is 0.719. The molecule has 0 unspecified atom stereocenters. The second kappa shape index (κ2) is 7.85. The third kappa shape index (κ3) is 3.62. The molecule has 4 rings (SSSR count). The maximum atomic E-state index is 14.0. The first kappa shape index (κ1) is 18.8. The van der Waals surface area contributed by atoms with Crippen LogP contribution in [0.3, 0.4) is 0 Å². The molecule has 144 valence electrons. The van der Waals surface area contributed by atoms with Crippen LogP contribution in [-0.4, -0.2) is 13.0 Å². The zero-order chi connectivity index (χ0) is 20.4. The number of carbonyl (C=O) groups is 1. The lowest BCUT2D eigenvalue weighted by atomic mass is 10.1. The molecule has 1 N–H and O–H groups in total. The third-order valence-electron chi connectivity index (χ3n) is 4.52. The lowest BCUT2D eigenvalue weighted by molar-refractivity contribution is 0.102. The molecule has 0 atom stereocenters. The van der Waals surface area contributed by atoms with Crippen LogP contribution in [0.2, 0.25) is 0 Å². The van der Waals surface area contributed by atoms with Crippen LogP contribution in [0, 0.1) is 5.82 Å². The van der Waals surface area contributed by atoms with Crippen molar-refractivity contribution in [2.45, 2.75) is 0 Å². The summed E-state index contributed by atoms with van der Waals surface area (Å²) in [6.45, 7) is 0. The quantitative estimate of drug-likeness (QED) is 0.499. The number of rotatable bonds is 4. The van der Waals surface area contributed by atoms with Gasteiger partial charge in [0.15, 0.2) is 5.43 Å². The summed E-state index contributed by atoms with van der Waals surface area (Å²) in [5.74, 6) is -0.574. The molecule has 0 radical (unpaired) electrons. The van der Waals surface area contributed by atoms with Crippen LogP contribution >= 0.6 is 11.3 Å². The van der Waals surface area contributed by atoms with Gasteiger partial charge in [-0.25, -0.2) is 4.39 Å². The number of amides is 1. The summed E-state index contributed by atoms with van der Waals surface area (Å²) in [6.07, 6.45) is 0. The maximum Gasteiger partial charge on any atom is 0.259 e. The van der Waals surface area contributed by atoms with E-state index in [2.05, 4.69) is 5.32 Å². The van der Waals surface area contributed by atoms with E-state index in [1.165, 1.54) is 29.5 Å². The Balaban J connectivity index is 1.88. The first-order valence-electron chi connectivity index (χ1n) is 8.84. The van der Waals surface area contributed by atoms with Crippen molar-refractivity contribution in [1.82, 2.24) is 0 Å². The SMILES string of the molecule is COc1ccc(-c2c(NC(=O)c3ccccc3F)sc3ccccc3c2=O)cc1. The van der Waals surface area contributed by atoms with Crippen molar-refractivity contribution in [3.63, 3.8) is 0 Å². The van der Waals surface area contributed by atoms with Gasteiger partial charge in [0.2, 0.25) is 0 Å². The fraction of sp³-hybridized carbons (Fsp3) is 0.0435. The van der Waals surface area contributed by atoms with Crippen LogP contribution in [0.25, 0.3) is 21.2 Å². The molecule has 0 aliphatic rings. The predicted molar refractivity (Wildman–Crippen MR) is 114 cm³/mol. The number of hydrogen-bond donors (Lipinski definition) is 1. The summed E-state index contributed by atoms with van der Waals surface area (Å²) < 4.78 is 20.0. The van der Waals surface area contributed by atoms with E-state index in [1.807, 2.05) is 12.1 Å². The monoisotopic (exact) mass is 405 g/mol. The molecule has 0 saturated heterocycles. The number of methoxy groups -OCH3 is 1. The van der Waals surface area contributed by atoms with Crippen LogP contribution in [0.4, 0.5) is 9.39 Å². The van der Waals surface area contributed by atoms with Gasteiger partial charge in [-0.05, 0) is 42.0 Å². The number of benzene rings is 3. The average Bonchev–Trinajstić information content (AvgIpc) is 2.74. The average molecular weight is 405 g/mol. The largest absolute Gasteiger partial charge is 0.497 e. The van der Waals surface area contributed by atoms with Crippen molar-refractivity contribution >= 4 is 32.3 Å². The number of nitrogens with one attached hydrogen (secondary N) is 1. The number of ether oxygens (including phenoxy) is 1. The molecule has 0 saturated carbocycles. The molecule has 1 aromatic heterocycles. The van der Waals surface area contributed by atoms with Crippen molar-refractivity contribution < 1.29 is 13.9 Å². The van der Waals surface area contributed by atoms with Gasteiger partial charge in [0.25, 0.3) is 5.91 Å². The molecule has 0 bridgehead atoms. The lowest BCUT2D eigenvalue weighted by Crippen LogP contribution is -2.16. The fourth-order valence-corrected chi connectivity index (χ4v) is 4.16. The van der Waals surface area contributed by atoms with Gasteiger partial charge in [-0.15, -0.1) is 11.3 Å². The molecule has 1 amide bonds. The van der Waals surface area contributed by atoms with Crippen LogP contribution in [0.15, 0.2) is 77.6 Å². The van der Waals surface area contributed by atoms with Gasteiger partial charge in [0.05, 0.1) is 18.2 Å². The Hall–Kier alpha value is -3.51. The van der Waals surface area contributed by atoms with E-state index in [0.717, 1.165) is 4.70 Å². The Morgan fingerprint density at radius 2 is 1.66 bits per heavy atom. The van der Waals surface area contributed by atoms with Crippen molar-refractivity contribution in [3.8, 4) is 16.9 Å². The highest BCUT2D eigenvalue weighted by Crippen LogP contribution is 2.34. The van der Waals surface area contributed by atoms with Gasteiger partial charge in [-0.1, -0.05) is 36.4 Å². The highest BCUT2D eigenvalue weighted by Gasteiger charge is 2.18. The minimum atomic E-state index is -0.621. The Morgan fingerprint density at radius 3 is 2.38 bits per heavy atom. The molecule has 6 heteroatoms. The van der Waals surface area contributed by atoms with Gasteiger partial charge in [-0.3, -0.25) is 9.59 Å². The van der Waals surface area contributed by atoms with Gasteiger partial charge in [0.1, 0.15) is 16.6 Å². The second-order valence-corrected chi connectivity index (χ2v) is 7.35. The molecule has 0 aliphatic heterocycles. The minimum absolute atomic E-state index is 0.0824. The molecule has 4 aromatic rings. The van der Waals surface area contributed by atoms with E-state index in [0.29, 0.717) is 27.3 Å². The van der Waals surface area contributed by atoms with E-state index in [1.54, 1.807) is 49.6 Å². The topological polar surface area (TPSA) is 55.4 Å². The van der Waals surface area contributed by atoms with E-state index < -0.39 is 11.7 Å². The maximum absolute atomic E-state index is 14.0. The highest BCUT2D eigenvalue weighted by molar-refractivity contribution is 7.22. The van der Waals surface area contributed by atoms with Crippen molar-refractivity contribution in [3.05, 3.63) is 94.4 Å². The fourth-order valence-electron chi connectivity index (χ4n) is 3.07. The smallest absolute Gasteiger partial charge is 0.259 e. The molecule has 3 aromatic carbocycles. The standard InChI is InChI=1S/C23H16FNO3S/c1-28-15-12-10-14(11-13-15)20-21(26)17-7-3-5-9-19(17)29-23(20)25-22(27)16-6-2-4-8-18(16)24/h2-13H,1H3,(H,25,27). The van der Waals surface area contributed by atoms with Crippen molar-refractivity contribution in [2.24, 2.45) is 0 Å². The number of carbonyl (C=O) groups excluding carboxylic acids is 1. The normalized spacial score (nSPS) is 10.7. The van der Waals surface area contributed by atoms with Gasteiger partial charge < -0.3 is 10.1 Å². The molecular weight excluding hydrogens is 389 g/mol.